The van der Waals surface area contributed by atoms with Crippen LogP contribution in [0.5, 0.6) is 0 Å². The SMILES string of the molecule is CC[C@H](NC(=O)c1cn(-c2c(F)cc(F)cc2F)c2nc(N3C[C@@H](O)[C@H](OC(C)=O)C3)c(F)cc2c1=O)C(F)(F)F. The highest BCUT2D eigenvalue weighted by Gasteiger charge is 2.40. The zero-order valence-electron chi connectivity index (χ0n) is 21.2. The predicted octanol–water partition coefficient (Wildman–Crippen LogP) is 3.13. The van der Waals surface area contributed by atoms with E-state index in [2.05, 4.69) is 4.98 Å². The number of aliphatic hydroxyl groups excluding tert-OH is 1. The number of amides is 1. The number of nitrogens with zero attached hydrogens (tertiary/aromatic N) is 3. The van der Waals surface area contributed by atoms with Gasteiger partial charge in [-0.25, -0.2) is 22.5 Å². The number of rotatable bonds is 6. The molecular formula is C25H21F7N4O5. The molecule has 1 aromatic carbocycles. The van der Waals surface area contributed by atoms with Crippen LogP contribution in [0.4, 0.5) is 36.6 Å². The highest BCUT2D eigenvalue weighted by molar-refractivity contribution is 5.97. The molecule has 9 nitrogen and oxygen atoms in total. The number of β-amino-alcohol motifs (C(OH)–C–C–N with tert-alkyl or cyclic N) is 1. The van der Waals surface area contributed by atoms with Gasteiger partial charge in [-0.15, -0.1) is 0 Å². The maximum absolute atomic E-state index is 15.3. The Bertz CT molecular complexity index is 1570. The Kier molecular flexibility index (Phi) is 7.98. The minimum Gasteiger partial charge on any atom is -0.458 e. The molecule has 2 aromatic heterocycles. The average Bonchev–Trinajstić information content (AvgIpc) is 3.21. The Balaban J connectivity index is 1.94. The Labute approximate surface area is 226 Å². The van der Waals surface area contributed by atoms with Gasteiger partial charge in [-0.05, 0) is 12.5 Å². The highest BCUT2D eigenvalue weighted by Crippen LogP contribution is 2.29. The number of alkyl halides is 3. The molecule has 3 heterocycles. The monoisotopic (exact) mass is 590 g/mol. The fourth-order valence-corrected chi connectivity index (χ4v) is 4.44. The van der Waals surface area contributed by atoms with Crippen molar-refractivity contribution in [3.05, 3.63) is 63.5 Å². The van der Waals surface area contributed by atoms with E-state index < -0.39 is 99.5 Å². The normalized spacial score (nSPS) is 18.0. The van der Waals surface area contributed by atoms with Crippen molar-refractivity contribution in [2.45, 2.75) is 44.7 Å². The van der Waals surface area contributed by atoms with Crippen molar-refractivity contribution < 1.29 is 50.2 Å². The highest BCUT2D eigenvalue weighted by atomic mass is 19.4. The molecule has 41 heavy (non-hydrogen) atoms. The summed E-state index contributed by atoms with van der Waals surface area (Å²) in [4.78, 5) is 42.4. The second-order valence-electron chi connectivity index (χ2n) is 9.22. The van der Waals surface area contributed by atoms with Gasteiger partial charge < -0.3 is 20.1 Å². The Hall–Kier alpha value is -4.21. The quantitative estimate of drug-likeness (QED) is 0.335. The zero-order chi connectivity index (χ0) is 30.4. The lowest BCUT2D eigenvalue weighted by Gasteiger charge is -2.22. The van der Waals surface area contributed by atoms with Crippen molar-refractivity contribution in [3.63, 3.8) is 0 Å². The molecule has 1 saturated heterocycles. The number of fused-ring (bicyclic) bond motifs is 1. The van der Waals surface area contributed by atoms with Crippen LogP contribution in [0.2, 0.25) is 0 Å². The van der Waals surface area contributed by atoms with Crippen LogP contribution in [0.25, 0.3) is 16.7 Å². The van der Waals surface area contributed by atoms with Gasteiger partial charge in [-0.3, -0.25) is 19.0 Å². The molecule has 16 heteroatoms. The molecule has 0 aliphatic carbocycles. The van der Waals surface area contributed by atoms with Gasteiger partial charge >= 0.3 is 12.1 Å². The molecule has 1 amide bonds. The molecule has 0 spiro atoms. The maximum atomic E-state index is 15.3. The number of esters is 1. The number of anilines is 1. The third-order valence-electron chi connectivity index (χ3n) is 6.34. The smallest absolute Gasteiger partial charge is 0.408 e. The third kappa shape index (κ3) is 5.82. The number of aliphatic hydroxyl groups is 1. The number of pyridine rings is 2. The van der Waals surface area contributed by atoms with E-state index in [1.54, 1.807) is 5.32 Å². The largest absolute Gasteiger partial charge is 0.458 e. The van der Waals surface area contributed by atoms with Gasteiger partial charge in [0.25, 0.3) is 5.91 Å². The first-order valence-corrected chi connectivity index (χ1v) is 12.0. The fraction of sp³-hybridized carbons (Fsp3) is 0.360. The average molecular weight is 590 g/mol. The molecule has 1 fully saturated rings. The summed E-state index contributed by atoms with van der Waals surface area (Å²) in [5.41, 5.74) is -4.08. The van der Waals surface area contributed by atoms with E-state index in [0.717, 1.165) is 18.7 Å². The van der Waals surface area contributed by atoms with Crippen LogP contribution in [-0.2, 0) is 9.53 Å². The summed E-state index contributed by atoms with van der Waals surface area (Å²) in [6, 6.07) is -1.30. The summed E-state index contributed by atoms with van der Waals surface area (Å²) in [7, 11) is 0. The second-order valence-corrected chi connectivity index (χ2v) is 9.22. The van der Waals surface area contributed by atoms with Crippen LogP contribution >= 0.6 is 0 Å². The molecular weight excluding hydrogens is 569 g/mol. The van der Waals surface area contributed by atoms with Crippen LogP contribution in [-0.4, -0.2) is 64.0 Å². The number of nitrogens with one attached hydrogen (secondary N) is 1. The second kappa shape index (κ2) is 11.0. The molecule has 3 aromatic rings. The van der Waals surface area contributed by atoms with Crippen molar-refractivity contribution in [2.24, 2.45) is 0 Å². The van der Waals surface area contributed by atoms with E-state index in [1.165, 1.54) is 0 Å². The summed E-state index contributed by atoms with van der Waals surface area (Å²) in [5.74, 6) is -8.49. The molecule has 3 atom stereocenters. The Morgan fingerprint density at radius 2 is 1.76 bits per heavy atom. The van der Waals surface area contributed by atoms with Crippen LogP contribution in [0.15, 0.2) is 29.2 Å². The number of carbonyl (C=O) groups is 2. The van der Waals surface area contributed by atoms with Gasteiger partial charge in [0.05, 0.1) is 11.9 Å². The molecule has 0 unspecified atom stereocenters. The van der Waals surface area contributed by atoms with Crippen molar-refractivity contribution >= 4 is 28.7 Å². The van der Waals surface area contributed by atoms with E-state index in [4.69, 9.17) is 4.74 Å². The predicted molar refractivity (Wildman–Crippen MR) is 129 cm³/mol. The van der Waals surface area contributed by atoms with Crippen molar-refractivity contribution in [1.29, 1.82) is 0 Å². The van der Waals surface area contributed by atoms with Crippen LogP contribution in [0.1, 0.15) is 30.6 Å². The summed E-state index contributed by atoms with van der Waals surface area (Å²) >= 11 is 0. The molecule has 220 valence electrons. The maximum Gasteiger partial charge on any atom is 0.408 e. The molecule has 0 bridgehead atoms. The summed E-state index contributed by atoms with van der Waals surface area (Å²) in [6.07, 6.45) is -7.38. The molecule has 1 aliphatic rings. The molecule has 0 saturated carbocycles. The van der Waals surface area contributed by atoms with Gasteiger partial charge in [-0.2, -0.15) is 13.2 Å². The molecule has 4 rings (SSSR count). The summed E-state index contributed by atoms with van der Waals surface area (Å²) in [5, 5.41) is 11.1. The van der Waals surface area contributed by atoms with Gasteiger partial charge in [0.15, 0.2) is 28.9 Å². The molecule has 0 radical (unpaired) electrons. The lowest BCUT2D eigenvalue weighted by molar-refractivity contribution is -0.154. The zero-order valence-corrected chi connectivity index (χ0v) is 21.2. The number of carbonyl (C=O) groups excluding carboxylic acids is 2. The number of ether oxygens (including phenoxy) is 1. The third-order valence-corrected chi connectivity index (χ3v) is 6.34. The van der Waals surface area contributed by atoms with Gasteiger partial charge in [0, 0.05) is 31.8 Å². The topological polar surface area (TPSA) is 114 Å². The number of benzene rings is 1. The minimum atomic E-state index is -4.90. The number of hydrogen-bond acceptors (Lipinski definition) is 7. The lowest BCUT2D eigenvalue weighted by atomic mass is 10.1. The van der Waals surface area contributed by atoms with Gasteiger partial charge in [0.2, 0.25) is 5.43 Å². The van der Waals surface area contributed by atoms with Crippen LogP contribution in [0, 0.1) is 23.3 Å². The van der Waals surface area contributed by atoms with E-state index in [-0.39, 0.29) is 25.2 Å². The van der Waals surface area contributed by atoms with Crippen molar-refractivity contribution in [1.82, 2.24) is 14.9 Å². The lowest BCUT2D eigenvalue weighted by Crippen LogP contribution is -2.46. The van der Waals surface area contributed by atoms with E-state index in [9.17, 15) is 45.8 Å². The van der Waals surface area contributed by atoms with Crippen molar-refractivity contribution in [2.75, 3.05) is 18.0 Å². The van der Waals surface area contributed by atoms with E-state index >= 15 is 4.39 Å². The first-order chi connectivity index (χ1) is 19.1. The Morgan fingerprint density at radius 1 is 1.12 bits per heavy atom. The number of aromatic nitrogens is 2. The summed E-state index contributed by atoms with van der Waals surface area (Å²) in [6.45, 7) is 1.62. The van der Waals surface area contributed by atoms with Crippen molar-refractivity contribution in [3.8, 4) is 5.69 Å². The van der Waals surface area contributed by atoms with Crippen LogP contribution in [0.3, 0.4) is 0 Å². The van der Waals surface area contributed by atoms with E-state index in [1.807, 2.05) is 0 Å². The Morgan fingerprint density at radius 3 is 2.32 bits per heavy atom. The summed E-state index contributed by atoms with van der Waals surface area (Å²) < 4.78 is 104. The van der Waals surface area contributed by atoms with Gasteiger partial charge in [0.1, 0.15) is 35.3 Å². The van der Waals surface area contributed by atoms with Gasteiger partial charge in [-0.1, -0.05) is 6.92 Å². The van der Waals surface area contributed by atoms with E-state index in [0.29, 0.717) is 16.8 Å². The minimum absolute atomic E-state index is 0.268. The molecule has 1 aliphatic heterocycles. The number of halogens is 7. The standard InChI is InChI=1S/C25H21F7N4O5/c1-3-19(25(30,31)32)33-24(40)13-7-36(20-14(27)4-11(26)5-15(20)28)22-12(21(13)39)6-16(29)23(34-22)35-8-17(38)18(9-35)41-10(2)37/h4-7,17-19,38H,3,8-9H2,1-2H3,(H,33,40)/t17-,18-,19+/m1/s1. The first-order valence-electron chi connectivity index (χ1n) is 12.0. The number of hydrogen-bond donors (Lipinski definition) is 2. The van der Waals surface area contributed by atoms with Crippen LogP contribution < -0.4 is 15.6 Å². The fourth-order valence-electron chi connectivity index (χ4n) is 4.44. The molecule has 2 N–H and O–H groups in total. The first kappa shape index (κ1) is 29.8.